The smallest absolute Gasteiger partial charge is 0.338 e. The Morgan fingerprint density at radius 1 is 1.10 bits per heavy atom. The Balaban J connectivity index is 1.37. The highest BCUT2D eigenvalue weighted by Gasteiger charge is 2.21. The number of nitrogens with one attached hydrogen (secondary N) is 2. The van der Waals surface area contributed by atoms with E-state index in [9.17, 15) is 19.3 Å². The molecular weight excluding hydrogens is 515 g/mol. The summed E-state index contributed by atoms with van der Waals surface area (Å²) in [7, 11) is 0. The van der Waals surface area contributed by atoms with E-state index >= 15 is 0 Å². The summed E-state index contributed by atoms with van der Waals surface area (Å²) >= 11 is 0. The maximum Gasteiger partial charge on any atom is 0.338 e. The number of nitro groups is 1. The van der Waals surface area contributed by atoms with E-state index in [1.807, 2.05) is 0 Å². The highest BCUT2D eigenvalue weighted by molar-refractivity contribution is 5.92. The van der Waals surface area contributed by atoms with Gasteiger partial charge in [-0.1, -0.05) is 0 Å². The molecule has 0 amide bonds. The van der Waals surface area contributed by atoms with Crippen molar-refractivity contribution in [3.8, 4) is 11.3 Å². The van der Waals surface area contributed by atoms with Crippen LogP contribution in [0.25, 0.3) is 22.6 Å². The Labute approximate surface area is 217 Å². The lowest BCUT2D eigenvalue weighted by Crippen LogP contribution is -2.05. The van der Waals surface area contributed by atoms with Gasteiger partial charge in [-0.2, -0.15) is 10.1 Å². The van der Waals surface area contributed by atoms with Gasteiger partial charge in [-0.05, 0) is 65.8 Å². The minimum absolute atomic E-state index is 0.0512. The molecule has 0 radical (unpaired) electrons. The van der Waals surface area contributed by atoms with E-state index in [1.165, 1.54) is 48.7 Å². The molecule has 14 nitrogen and oxygen atoms in total. The first kappa shape index (κ1) is 24.9. The number of hydrogen-bond donors (Lipinski definition) is 2. The Bertz CT molecular complexity index is 1700. The van der Waals surface area contributed by atoms with Gasteiger partial charge in [0.25, 0.3) is 5.69 Å². The van der Waals surface area contributed by atoms with Crippen LogP contribution in [-0.2, 0) is 4.74 Å². The van der Waals surface area contributed by atoms with Crippen molar-refractivity contribution in [1.29, 1.82) is 0 Å². The number of hydrazone groups is 1. The number of nitro benzene ring substituents is 1. The van der Waals surface area contributed by atoms with Crippen molar-refractivity contribution in [1.82, 2.24) is 20.3 Å². The summed E-state index contributed by atoms with van der Waals surface area (Å²) < 4.78 is 28.5. The molecule has 5 aromatic rings. The Morgan fingerprint density at radius 2 is 1.85 bits per heavy atom. The van der Waals surface area contributed by atoms with Gasteiger partial charge in [0.1, 0.15) is 17.3 Å². The largest absolute Gasteiger partial charge is 0.462 e. The molecule has 0 aliphatic rings. The van der Waals surface area contributed by atoms with E-state index in [2.05, 4.69) is 40.8 Å². The fourth-order valence-electron chi connectivity index (χ4n) is 3.43. The molecular formula is C24H17FN8O6. The number of ether oxygens (including phenoxy) is 1. The molecule has 0 unspecified atom stereocenters. The minimum Gasteiger partial charge on any atom is -0.462 e. The van der Waals surface area contributed by atoms with E-state index < -0.39 is 16.7 Å². The van der Waals surface area contributed by atoms with E-state index in [1.54, 1.807) is 13.0 Å². The van der Waals surface area contributed by atoms with Gasteiger partial charge in [0.15, 0.2) is 11.6 Å². The van der Waals surface area contributed by atoms with E-state index in [0.717, 1.165) is 6.07 Å². The van der Waals surface area contributed by atoms with E-state index in [0.29, 0.717) is 5.69 Å². The number of halogens is 1. The van der Waals surface area contributed by atoms with Crippen LogP contribution in [0.4, 0.5) is 27.4 Å². The van der Waals surface area contributed by atoms with Crippen molar-refractivity contribution in [2.45, 2.75) is 6.92 Å². The Kier molecular flexibility index (Phi) is 6.85. The number of hydrogen-bond acceptors (Lipinski definition) is 13. The van der Waals surface area contributed by atoms with Crippen molar-refractivity contribution in [2.24, 2.45) is 5.10 Å². The van der Waals surface area contributed by atoms with Crippen LogP contribution in [0.3, 0.4) is 0 Å². The molecule has 0 aliphatic carbocycles. The molecule has 196 valence electrons. The van der Waals surface area contributed by atoms with Crippen molar-refractivity contribution < 1.29 is 27.9 Å². The summed E-state index contributed by atoms with van der Waals surface area (Å²) in [5.74, 6) is -0.265. The second kappa shape index (κ2) is 10.7. The highest BCUT2D eigenvalue weighted by atomic mass is 19.1. The van der Waals surface area contributed by atoms with Crippen LogP contribution >= 0.6 is 0 Å². The standard InChI is InChI=1S/C24H17FN8O6/c1-2-37-24(34)13-3-9-17(18(11-13)33(35)36)19-10-8-16(38-19)12-26-30-21-20(27-15-6-4-14(25)5-7-15)28-22-23(29-21)32-39-31-22/h3-12H,2H2,1H3,(H,27,28,31)(H,29,30,32)/b26-12+. The first-order valence-corrected chi connectivity index (χ1v) is 11.3. The first-order chi connectivity index (χ1) is 18.9. The summed E-state index contributed by atoms with van der Waals surface area (Å²) in [5, 5.41) is 26.0. The second-order valence-electron chi connectivity index (χ2n) is 7.75. The number of carbonyl (C=O) groups is 1. The van der Waals surface area contributed by atoms with Gasteiger partial charge in [0.05, 0.1) is 28.9 Å². The molecule has 0 bridgehead atoms. The normalized spacial score (nSPS) is 11.1. The molecule has 0 aliphatic heterocycles. The number of carbonyl (C=O) groups excluding carboxylic acids is 1. The van der Waals surface area contributed by atoms with Crippen molar-refractivity contribution in [3.63, 3.8) is 0 Å². The zero-order valence-corrected chi connectivity index (χ0v) is 20.0. The van der Waals surface area contributed by atoms with Gasteiger partial charge >= 0.3 is 5.97 Å². The van der Waals surface area contributed by atoms with E-state index in [-0.39, 0.29) is 57.9 Å². The van der Waals surface area contributed by atoms with Crippen LogP contribution in [0.5, 0.6) is 0 Å². The van der Waals surface area contributed by atoms with Crippen LogP contribution in [0.1, 0.15) is 23.0 Å². The van der Waals surface area contributed by atoms with Crippen molar-refractivity contribution in [3.05, 3.63) is 81.9 Å². The predicted molar refractivity (Wildman–Crippen MR) is 135 cm³/mol. The number of benzene rings is 2. The number of furan rings is 1. The number of aromatic nitrogens is 4. The van der Waals surface area contributed by atoms with Gasteiger partial charge < -0.3 is 14.5 Å². The fourth-order valence-corrected chi connectivity index (χ4v) is 3.43. The zero-order valence-electron chi connectivity index (χ0n) is 20.0. The monoisotopic (exact) mass is 532 g/mol. The van der Waals surface area contributed by atoms with E-state index in [4.69, 9.17) is 9.15 Å². The molecule has 0 spiro atoms. The molecule has 2 N–H and O–H groups in total. The third-order valence-electron chi connectivity index (χ3n) is 5.18. The maximum atomic E-state index is 13.3. The summed E-state index contributed by atoms with van der Waals surface area (Å²) in [5.41, 5.74) is 3.40. The fraction of sp³-hybridized carbons (Fsp3) is 0.0833. The number of esters is 1. The van der Waals surface area contributed by atoms with Gasteiger partial charge in [0.2, 0.25) is 11.3 Å². The number of nitrogens with zero attached hydrogens (tertiary/aromatic N) is 6. The van der Waals surface area contributed by atoms with Crippen LogP contribution < -0.4 is 10.7 Å². The quantitative estimate of drug-likeness (QED) is 0.116. The summed E-state index contributed by atoms with van der Waals surface area (Å²) in [6.07, 6.45) is 1.32. The topological polar surface area (TPSA) is 184 Å². The van der Waals surface area contributed by atoms with Crippen molar-refractivity contribution >= 4 is 46.5 Å². The van der Waals surface area contributed by atoms with Crippen LogP contribution in [0.15, 0.2) is 68.7 Å². The third kappa shape index (κ3) is 5.51. The molecule has 0 saturated carbocycles. The molecule has 0 saturated heterocycles. The van der Waals surface area contributed by atoms with Crippen molar-refractivity contribution in [2.75, 3.05) is 17.3 Å². The molecule has 39 heavy (non-hydrogen) atoms. The molecule has 3 heterocycles. The summed E-state index contributed by atoms with van der Waals surface area (Å²) in [6, 6.07) is 12.6. The second-order valence-corrected chi connectivity index (χ2v) is 7.75. The maximum absolute atomic E-state index is 13.3. The SMILES string of the molecule is CCOC(=O)c1ccc(-c2ccc(/C=N/Nc3nc4nonc4nc3Nc3ccc(F)cc3)o2)c([N+](=O)[O-])c1. The molecule has 3 aromatic heterocycles. The summed E-state index contributed by atoms with van der Waals surface area (Å²) in [4.78, 5) is 31.5. The predicted octanol–water partition coefficient (Wildman–Crippen LogP) is 4.69. The number of fused-ring (bicyclic) bond motifs is 1. The lowest BCUT2D eigenvalue weighted by atomic mass is 10.1. The zero-order chi connectivity index (χ0) is 27.4. The first-order valence-electron chi connectivity index (χ1n) is 11.3. The average molecular weight is 532 g/mol. The lowest BCUT2D eigenvalue weighted by Gasteiger charge is -2.09. The van der Waals surface area contributed by atoms with Gasteiger partial charge in [-0.25, -0.2) is 18.8 Å². The van der Waals surface area contributed by atoms with Crippen LogP contribution in [-0.4, -0.2) is 44.0 Å². The molecule has 0 atom stereocenters. The highest BCUT2D eigenvalue weighted by Crippen LogP contribution is 2.32. The van der Waals surface area contributed by atoms with Crippen LogP contribution in [0.2, 0.25) is 0 Å². The summed E-state index contributed by atoms with van der Waals surface area (Å²) in [6.45, 7) is 1.78. The number of rotatable bonds is 9. The average Bonchev–Trinajstić information content (AvgIpc) is 3.59. The number of anilines is 3. The molecule has 2 aromatic carbocycles. The molecule has 15 heteroatoms. The third-order valence-corrected chi connectivity index (χ3v) is 5.18. The lowest BCUT2D eigenvalue weighted by molar-refractivity contribution is -0.384. The van der Waals surface area contributed by atoms with Crippen LogP contribution in [0, 0.1) is 15.9 Å². The minimum atomic E-state index is -0.665. The van der Waals surface area contributed by atoms with Gasteiger partial charge in [-0.3, -0.25) is 15.5 Å². The Morgan fingerprint density at radius 3 is 2.56 bits per heavy atom. The Hall–Kier alpha value is -5.73. The van der Waals surface area contributed by atoms with Gasteiger partial charge in [-0.15, -0.1) is 0 Å². The molecule has 5 rings (SSSR count). The molecule has 0 fully saturated rings. The van der Waals surface area contributed by atoms with Gasteiger partial charge in [0, 0.05) is 11.8 Å².